The molecule has 0 saturated carbocycles. The monoisotopic (exact) mass is 358 g/mol. The van der Waals surface area contributed by atoms with Gasteiger partial charge in [0.05, 0.1) is 12.9 Å². The Morgan fingerprint density at radius 2 is 2.29 bits per heavy atom. The second kappa shape index (κ2) is 8.59. The third-order valence-electron chi connectivity index (χ3n) is 4.13. The topological polar surface area (TPSA) is 93.5 Å². The highest BCUT2D eigenvalue weighted by Crippen LogP contribution is 2.26. The van der Waals surface area contributed by atoms with E-state index >= 15 is 0 Å². The van der Waals surface area contributed by atoms with Gasteiger partial charge in [0.25, 0.3) is 0 Å². The number of nitrogens with zero attached hydrogens (tertiary/aromatic N) is 3. The summed E-state index contributed by atoms with van der Waals surface area (Å²) in [5, 5.41) is 0. The number of methoxy groups -OCH3 is 1. The molecule has 2 rings (SSSR count). The Labute approximate surface area is 143 Å². The molecule has 24 heavy (non-hydrogen) atoms. The van der Waals surface area contributed by atoms with Gasteiger partial charge in [0, 0.05) is 58.0 Å². The molecule has 0 aromatic carbocycles. The average Bonchev–Trinajstić information content (AvgIpc) is 3.00. The van der Waals surface area contributed by atoms with Gasteiger partial charge in [-0.05, 0) is 12.8 Å². The first-order valence-corrected chi connectivity index (χ1v) is 10.0. The van der Waals surface area contributed by atoms with E-state index in [0.29, 0.717) is 19.7 Å². The van der Waals surface area contributed by atoms with Crippen molar-refractivity contribution >= 4 is 15.9 Å². The molecule has 136 valence electrons. The molecule has 1 N–H and O–H groups in total. The van der Waals surface area contributed by atoms with Crippen LogP contribution in [0.5, 0.6) is 0 Å². The molecule has 1 aliphatic heterocycles. The van der Waals surface area contributed by atoms with E-state index in [4.69, 9.17) is 4.74 Å². The van der Waals surface area contributed by atoms with E-state index in [0.717, 1.165) is 31.5 Å². The van der Waals surface area contributed by atoms with Crippen molar-refractivity contribution in [3.05, 3.63) is 18.2 Å². The SMILES string of the molecule is COCCn1ccnc1C1CCCN(C(=O)CCNS(C)(=O)=O)C1. The van der Waals surface area contributed by atoms with Crippen LogP contribution in [0.1, 0.15) is 31.0 Å². The molecule has 1 atom stereocenters. The highest BCUT2D eigenvalue weighted by atomic mass is 32.2. The summed E-state index contributed by atoms with van der Waals surface area (Å²) in [6.45, 7) is 2.85. The molecular weight excluding hydrogens is 332 g/mol. The summed E-state index contributed by atoms with van der Waals surface area (Å²) in [5.74, 6) is 1.17. The van der Waals surface area contributed by atoms with Crippen molar-refractivity contribution in [3.63, 3.8) is 0 Å². The minimum Gasteiger partial charge on any atom is -0.383 e. The van der Waals surface area contributed by atoms with Crippen molar-refractivity contribution < 1.29 is 17.9 Å². The van der Waals surface area contributed by atoms with Gasteiger partial charge in [0.2, 0.25) is 15.9 Å². The largest absolute Gasteiger partial charge is 0.383 e. The second-order valence-corrected chi connectivity index (χ2v) is 7.90. The zero-order valence-electron chi connectivity index (χ0n) is 14.3. The number of hydrogen-bond acceptors (Lipinski definition) is 5. The average molecular weight is 358 g/mol. The predicted octanol–water partition coefficient (Wildman–Crippen LogP) is 0.175. The molecule has 1 aromatic heterocycles. The molecular formula is C15H26N4O4S. The summed E-state index contributed by atoms with van der Waals surface area (Å²) in [4.78, 5) is 18.6. The molecule has 8 nitrogen and oxygen atoms in total. The van der Waals surface area contributed by atoms with Gasteiger partial charge in [-0.25, -0.2) is 18.1 Å². The summed E-state index contributed by atoms with van der Waals surface area (Å²) >= 11 is 0. The van der Waals surface area contributed by atoms with Crippen molar-refractivity contribution in [1.82, 2.24) is 19.2 Å². The van der Waals surface area contributed by atoms with Crippen LogP contribution >= 0.6 is 0 Å². The van der Waals surface area contributed by atoms with Crippen LogP contribution in [0.25, 0.3) is 0 Å². The van der Waals surface area contributed by atoms with E-state index < -0.39 is 10.0 Å². The van der Waals surface area contributed by atoms with Crippen LogP contribution in [-0.4, -0.2) is 68.4 Å². The number of aromatic nitrogens is 2. The fourth-order valence-electron chi connectivity index (χ4n) is 2.98. The molecule has 0 radical (unpaired) electrons. The molecule has 1 amide bonds. The number of sulfonamides is 1. The predicted molar refractivity (Wildman–Crippen MR) is 90.1 cm³/mol. The molecule has 0 aliphatic carbocycles. The number of carbonyl (C=O) groups is 1. The van der Waals surface area contributed by atoms with Gasteiger partial charge in [-0.15, -0.1) is 0 Å². The van der Waals surface area contributed by atoms with Gasteiger partial charge in [0.1, 0.15) is 5.82 Å². The number of ether oxygens (including phenoxy) is 1. The Morgan fingerprint density at radius 1 is 1.50 bits per heavy atom. The maximum Gasteiger partial charge on any atom is 0.223 e. The number of imidazole rings is 1. The van der Waals surface area contributed by atoms with Crippen molar-refractivity contribution in [3.8, 4) is 0 Å². The summed E-state index contributed by atoms with van der Waals surface area (Å²) in [5.41, 5.74) is 0. The van der Waals surface area contributed by atoms with Gasteiger partial charge in [-0.2, -0.15) is 0 Å². The first-order chi connectivity index (χ1) is 11.4. The lowest BCUT2D eigenvalue weighted by Crippen LogP contribution is -2.41. The lowest BCUT2D eigenvalue weighted by atomic mass is 9.97. The van der Waals surface area contributed by atoms with E-state index in [1.54, 1.807) is 13.3 Å². The van der Waals surface area contributed by atoms with Crippen LogP contribution in [0.2, 0.25) is 0 Å². The number of nitrogens with one attached hydrogen (secondary N) is 1. The van der Waals surface area contributed by atoms with Crippen LogP contribution in [-0.2, 0) is 26.1 Å². The fourth-order valence-corrected chi connectivity index (χ4v) is 3.45. The number of amides is 1. The lowest BCUT2D eigenvalue weighted by Gasteiger charge is -2.32. The molecule has 1 unspecified atom stereocenters. The quantitative estimate of drug-likeness (QED) is 0.715. The molecule has 1 saturated heterocycles. The minimum atomic E-state index is -3.26. The molecule has 9 heteroatoms. The summed E-state index contributed by atoms with van der Waals surface area (Å²) in [6, 6.07) is 0. The van der Waals surface area contributed by atoms with Crippen LogP contribution in [0.4, 0.5) is 0 Å². The number of piperidine rings is 1. The van der Waals surface area contributed by atoms with Crippen molar-refractivity contribution in [2.24, 2.45) is 0 Å². The zero-order chi connectivity index (χ0) is 17.6. The molecule has 1 aromatic rings. The summed E-state index contributed by atoms with van der Waals surface area (Å²) < 4.78 is 31.7. The highest BCUT2D eigenvalue weighted by molar-refractivity contribution is 7.88. The Balaban J connectivity index is 1.91. The van der Waals surface area contributed by atoms with Crippen molar-refractivity contribution in [2.75, 3.05) is 39.6 Å². The number of rotatable bonds is 8. The highest BCUT2D eigenvalue weighted by Gasteiger charge is 2.27. The van der Waals surface area contributed by atoms with E-state index in [9.17, 15) is 13.2 Å². The van der Waals surface area contributed by atoms with Crippen molar-refractivity contribution in [2.45, 2.75) is 31.7 Å². The fraction of sp³-hybridized carbons (Fsp3) is 0.733. The number of carbonyl (C=O) groups excluding carboxylic acids is 1. The first kappa shape index (κ1) is 18.9. The first-order valence-electron chi connectivity index (χ1n) is 8.13. The minimum absolute atomic E-state index is 0.0224. The lowest BCUT2D eigenvalue weighted by molar-refractivity contribution is -0.132. The zero-order valence-corrected chi connectivity index (χ0v) is 15.1. The molecule has 1 fully saturated rings. The second-order valence-electron chi connectivity index (χ2n) is 6.07. The Morgan fingerprint density at radius 3 is 3.00 bits per heavy atom. The molecule has 1 aliphatic rings. The Hall–Kier alpha value is -1.45. The van der Waals surface area contributed by atoms with Crippen molar-refractivity contribution in [1.29, 1.82) is 0 Å². The van der Waals surface area contributed by atoms with Gasteiger partial charge in [-0.3, -0.25) is 4.79 Å². The third-order valence-corrected chi connectivity index (χ3v) is 4.85. The molecule has 0 spiro atoms. The maximum atomic E-state index is 12.3. The number of likely N-dealkylation sites (tertiary alicyclic amines) is 1. The summed E-state index contributed by atoms with van der Waals surface area (Å²) in [7, 11) is -1.59. The molecule has 0 bridgehead atoms. The normalized spacial score (nSPS) is 18.8. The van der Waals surface area contributed by atoms with Crippen LogP contribution in [0.15, 0.2) is 12.4 Å². The maximum absolute atomic E-state index is 12.3. The summed E-state index contributed by atoms with van der Waals surface area (Å²) in [6.07, 6.45) is 6.90. The van der Waals surface area contributed by atoms with E-state index in [1.165, 1.54) is 0 Å². The van der Waals surface area contributed by atoms with E-state index in [2.05, 4.69) is 14.3 Å². The van der Waals surface area contributed by atoms with Gasteiger partial charge < -0.3 is 14.2 Å². The van der Waals surface area contributed by atoms with Gasteiger partial charge >= 0.3 is 0 Å². The Kier molecular flexibility index (Phi) is 6.76. The Bertz CT molecular complexity index is 644. The van der Waals surface area contributed by atoms with Crippen LogP contribution in [0.3, 0.4) is 0 Å². The smallest absolute Gasteiger partial charge is 0.223 e. The van der Waals surface area contributed by atoms with Gasteiger partial charge in [-0.1, -0.05) is 0 Å². The van der Waals surface area contributed by atoms with Crippen LogP contribution in [0, 0.1) is 0 Å². The van der Waals surface area contributed by atoms with Crippen LogP contribution < -0.4 is 4.72 Å². The van der Waals surface area contributed by atoms with E-state index in [-0.39, 0.29) is 24.8 Å². The van der Waals surface area contributed by atoms with E-state index in [1.807, 2.05) is 11.1 Å². The third kappa shape index (κ3) is 5.57. The van der Waals surface area contributed by atoms with Gasteiger partial charge in [0.15, 0.2) is 0 Å². The standard InChI is InChI=1S/C15H26N4O4S/c1-23-11-10-18-9-7-16-15(18)13-4-3-8-19(12-13)14(20)5-6-17-24(2,21)22/h7,9,13,17H,3-6,8,10-12H2,1-2H3. The number of hydrogen-bond donors (Lipinski definition) is 1. The molecule has 2 heterocycles.